The monoisotopic (exact) mass is 269 g/mol. The Balaban J connectivity index is 1.83. The fraction of sp³-hybridized carbons (Fsp3) is 0.471. The maximum Gasteiger partial charge on any atom is 0.0574 e. The molecular weight excluding hydrogens is 246 g/mol. The molecule has 0 spiro atoms. The third-order valence-corrected chi connectivity index (χ3v) is 4.24. The van der Waals surface area contributed by atoms with Crippen LogP contribution in [0.3, 0.4) is 0 Å². The maximum atomic E-state index is 5.92. The van der Waals surface area contributed by atoms with Crippen LogP contribution >= 0.6 is 0 Å². The van der Waals surface area contributed by atoms with Crippen LogP contribution in [-0.4, -0.2) is 29.5 Å². The van der Waals surface area contributed by atoms with Crippen LogP contribution in [0.4, 0.5) is 0 Å². The van der Waals surface area contributed by atoms with Crippen LogP contribution in [0.2, 0.25) is 0 Å². The molecule has 0 amide bonds. The van der Waals surface area contributed by atoms with Gasteiger partial charge < -0.3 is 10.6 Å². The van der Waals surface area contributed by atoms with Crippen molar-refractivity contribution in [2.75, 3.05) is 19.6 Å². The summed E-state index contributed by atoms with van der Waals surface area (Å²) in [5.74, 6) is 0. The van der Waals surface area contributed by atoms with Crippen molar-refractivity contribution in [3.05, 3.63) is 41.7 Å². The van der Waals surface area contributed by atoms with Crippen molar-refractivity contribution in [1.82, 2.24) is 9.88 Å². The molecule has 3 heteroatoms. The lowest BCUT2D eigenvalue weighted by Gasteiger charge is -2.15. The van der Waals surface area contributed by atoms with Crippen LogP contribution in [0, 0.1) is 0 Å². The molecule has 1 fully saturated rings. The van der Waals surface area contributed by atoms with E-state index in [1.54, 1.807) is 0 Å². The van der Waals surface area contributed by atoms with Gasteiger partial charge in [0.1, 0.15) is 0 Å². The molecule has 1 aromatic carbocycles. The van der Waals surface area contributed by atoms with E-state index in [1.165, 1.54) is 42.3 Å². The number of aromatic nitrogens is 1. The highest BCUT2D eigenvalue weighted by molar-refractivity contribution is 5.85. The zero-order valence-corrected chi connectivity index (χ0v) is 12.2. The SMILES string of the molecule is CC(N)c1cc2cccc(CCN3CCCC3)c2cn1. The zero-order chi connectivity index (χ0) is 13.9. The van der Waals surface area contributed by atoms with Crippen molar-refractivity contribution >= 4 is 10.8 Å². The first-order chi connectivity index (χ1) is 9.74. The van der Waals surface area contributed by atoms with Crippen molar-refractivity contribution in [3.63, 3.8) is 0 Å². The standard InChI is InChI=1S/C17H23N3/c1-13(18)17-11-15-6-4-5-14(16(15)12-19-17)7-10-20-8-2-3-9-20/h4-6,11-13H,2-3,7-10,18H2,1H3. The summed E-state index contributed by atoms with van der Waals surface area (Å²) in [6.07, 6.45) is 5.81. The summed E-state index contributed by atoms with van der Waals surface area (Å²) in [6.45, 7) is 5.66. The Kier molecular flexibility index (Phi) is 3.99. The molecule has 20 heavy (non-hydrogen) atoms. The fourth-order valence-electron chi connectivity index (χ4n) is 3.00. The Bertz CT molecular complexity index is 586. The minimum Gasteiger partial charge on any atom is -0.323 e. The summed E-state index contributed by atoms with van der Waals surface area (Å²) in [5, 5.41) is 2.53. The molecule has 3 rings (SSSR count). The second kappa shape index (κ2) is 5.90. The van der Waals surface area contributed by atoms with Gasteiger partial charge in [-0.1, -0.05) is 18.2 Å². The number of nitrogens with zero attached hydrogens (tertiary/aromatic N) is 2. The molecule has 2 heterocycles. The average molecular weight is 269 g/mol. The molecule has 106 valence electrons. The Labute approximate surface area is 120 Å². The average Bonchev–Trinajstić information content (AvgIpc) is 2.97. The number of benzene rings is 1. The number of hydrogen-bond acceptors (Lipinski definition) is 3. The van der Waals surface area contributed by atoms with E-state index in [-0.39, 0.29) is 6.04 Å². The minimum atomic E-state index is -0.00680. The molecule has 1 unspecified atom stereocenters. The number of rotatable bonds is 4. The second-order valence-corrected chi connectivity index (χ2v) is 5.83. The van der Waals surface area contributed by atoms with E-state index >= 15 is 0 Å². The predicted molar refractivity (Wildman–Crippen MR) is 83.7 cm³/mol. The van der Waals surface area contributed by atoms with E-state index in [0.29, 0.717) is 0 Å². The van der Waals surface area contributed by atoms with Crippen molar-refractivity contribution in [1.29, 1.82) is 0 Å². The molecule has 1 aliphatic rings. The zero-order valence-electron chi connectivity index (χ0n) is 12.2. The lowest BCUT2D eigenvalue weighted by molar-refractivity contribution is 0.344. The number of nitrogens with two attached hydrogens (primary N) is 1. The summed E-state index contributed by atoms with van der Waals surface area (Å²) in [7, 11) is 0. The first kappa shape index (κ1) is 13.5. The Morgan fingerprint density at radius 1 is 1.30 bits per heavy atom. The normalized spacial score (nSPS) is 17.7. The van der Waals surface area contributed by atoms with Gasteiger partial charge in [0.15, 0.2) is 0 Å². The lowest BCUT2D eigenvalue weighted by atomic mass is 10.0. The summed E-state index contributed by atoms with van der Waals surface area (Å²) < 4.78 is 0. The van der Waals surface area contributed by atoms with Crippen LogP contribution in [0.1, 0.15) is 37.1 Å². The Morgan fingerprint density at radius 3 is 2.85 bits per heavy atom. The van der Waals surface area contributed by atoms with Gasteiger partial charge in [-0.05, 0) is 56.3 Å². The molecule has 0 aliphatic carbocycles. The van der Waals surface area contributed by atoms with E-state index in [4.69, 9.17) is 5.73 Å². The van der Waals surface area contributed by atoms with E-state index in [1.807, 2.05) is 13.1 Å². The van der Waals surface area contributed by atoms with Gasteiger partial charge in [-0.3, -0.25) is 4.98 Å². The highest BCUT2D eigenvalue weighted by atomic mass is 15.1. The van der Waals surface area contributed by atoms with Gasteiger partial charge in [0.05, 0.1) is 5.69 Å². The number of pyridine rings is 1. The summed E-state index contributed by atoms with van der Waals surface area (Å²) >= 11 is 0. The van der Waals surface area contributed by atoms with Crippen molar-refractivity contribution in [3.8, 4) is 0 Å². The highest BCUT2D eigenvalue weighted by Crippen LogP contribution is 2.21. The van der Waals surface area contributed by atoms with Gasteiger partial charge in [0.2, 0.25) is 0 Å². The fourth-order valence-corrected chi connectivity index (χ4v) is 3.00. The van der Waals surface area contributed by atoms with Gasteiger partial charge in [0, 0.05) is 24.2 Å². The molecule has 2 aromatic rings. The molecule has 1 aromatic heterocycles. The molecule has 3 nitrogen and oxygen atoms in total. The molecule has 0 bridgehead atoms. The Hall–Kier alpha value is -1.45. The van der Waals surface area contributed by atoms with Crippen LogP contribution in [0.15, 0.2) is 30.5 Å². The largest absolute Gasteiger partial charge is 0.323 e. The molecule has 0 saturated carbocycles. The van der Waals surface area contributed by atoms with Gasteiger partial charge in [-0.15, -0.1) is 0 Å². The number of fused-ring (bicyclic) bond motifs is 1. The highest BCUT2D eigenvalue weighted by Gasteiger charge is 2.12. The quantitative estimate of drug-likeness (QED) is 0.928. The van der Waals surface area contributed by atoms with Gasteiger partial charge in [-0.25, -0.2) is 0 Å². The van der Waals surface area contributed by atoms with Gasteiger partial charge in [0.25, 0.3) is 0 Å². The van der Waals surface area contributed by atoms with E-state index < -0.39 is 0 Å². The summed E-state index contributed by atoms with van der Waals surface area (Å²) in [4.78, 5) is 7.07. The van der Waals surface area contributed by atoms with Crippen molar-refractivity contribution < 1.29 is 0 Å². The van der Waals surface area contributed by atoms with Crippen LogP contribution in [0.25, 0.3) is 10.8 Å². The van der Waals surface area contributed by atoms with Crippen molar-refractivity contribution in [2.24, 2.45) is 5.73 Å². The summed E-state index contributed by atoms with van der Waals surface area (Å²) in [5.41, 5.74) is 8.28. The van der Waals surface area contributed by atoms with Gasteiger partial charge >= 0.3 is 0 Å². The topological polar surface area (TPSA) is 42.1 Å². The molecular formula is C17H23N3. The van der Waals surface area contributed by atoms with E-state index in [0.717, 1.165) is 18.7 Å². The Morgan fingerprint density at radius 2 is 2.10 bits per heavy atom. The van der Waals surface area contributed by atoms with Crippen LogP contribution in [0.5, 0.6) is 0 Å². The van der Waals surface area contributed by atoms with E-state index in [9.17, 15) is 0 Å². The van der Waals surface area contributed by atoms with Crippen LogP contribution < -0.4 is 5.73 Å². The molecule has 0 radical (unpaired) electrons. The number of likely N-dealkylation sites (tertiary alicyclic amines) is 1. The van der Waals surface area contributed by atoms with E-state index in [2.05, 4.69) is 34.1 Å². The predicted octanol–water partition coefficient (Wildman–Crippen LogP) is 2.89. The number of hydrogen-bond donors (Lipinski definition) is 1. The van der Waals surface area contributed by atoms with Crippen molar-refractivity contribution in [2.45, 2.75) is 32.2 Å². The lowest BCUT2D eigenvalue weighted by Crippen LogP contribution is -2.22. The smallest absolute Gasteiger partial charge is 0.0574 e. The van der Waals surface area contributed by atoms with Gasteiger partial charge in [-0.2, -0.15) is 0 Å². The third-order valence-electron chi connectivity index (χ3n) is 4.24. The van der Waals surface area contributed by atoms with Crippen LogP contribution in [-0.2, 0) is 6.42 Å². The summed E-state index contributed by atoms with van der Waals surface area (Å²) in [6, 6.07) is 8.65. The second-order valence-electron chi connectivity index (χ2n) is 5.83. The first-order valence-corrected chi connectivity index (χ1v) is 7.59. The first-order valence-electron chi connectivity index (χ1n) is 7.59. The third kappa shape index (κ3) is 2.84. The molecule has 1 aliphatic heterocycles. The molecule has 1 saturated heterocycles. The maximum absolute atomic E-state index is 5.92. The molecule has 2 N–H and O–H groups in total. The minimum absolute atomic E-state index is 0.00680. The molecule has 1 atom stereocenters.